The molecule has 3 rings (SSSR count). The molecule has 0 spiro atoms. The summed E-state index contributed by atoms with van der Waals surface area (Å²) in [4.78, 5) is 22.7. The summed E-state index contributed by atoms with van der Waals surface area (Å²) in [5.41, 5.74) is 0.934. The standard InChI is InChI=1S/C15H20ClN3O/c1-14(2)4-10-5-15(3,8-14)9-19(10)13(20)11-6-18-12(16)7-17-11/h6-7,10H,4-5,8-9H2,1-3H3. The van der Waals surface area contributed by atoms with E-state index >= 15 is 0 Å². The van der Waals surface area contributed by atoms with Gasteiger partial charge in [-0.05, 0) is 30.1 Å². The van der Waals surface area contributed by atoms with Gasteiger partial charge in [-0.15, -0.1) is 0 Å². The molecule has 1 aliphatic heterocycles. The van der Waals surface area contributed by atoms with Gasteiger partial charge in [-0.3, -0.25) is 4.79 Å². The Labute approximate surface area is 124 Å². The Morgan fingerprint density at radius 3 is 2.70 bits per heavy atom. The lowest BCUT2D eigenvalue weighted by Gasteiger charge is -2.39. The van der Waals surface area contributed by atoms with E-state index < -0.39 is 0 Å². The average molecular weight is 294 g/mol. The normalized spacial score (nSPS) is 31.4. The average Bonchev–Trinajstić information content (AvgIpc) is 2.58. The number of rotatable bonds is 1. The van der Waals surface area contributed by atoms with Gasteiger partial charge in [-0.25, -0.2) is 9.97 Å². The second-order valence-corrected chi connectivity index (χ2v) is 7.76. The molecule has 2 atom stereocenters. The van der Waals surface area contributed by atoms with Gasteiger partial charge < -0.3 is 4.90 Å². The van der Waals surface area contributed by atoms with Crippen LogP contribution in [0.1, 0.15) is 50.5 Å². The van der Waals surface area contributed by atoms with Crippen LogP contribution >= 0.6 is 11.6 Å². The van der Waals surface area contributed by atoms with Crippen LogP contribution in [0.2, 0.25) is 5.15 Å². The van der Waals surface area contributed by atoms with Crippen LogP contribution in [0.5, 0.6) is 0 Å². The number of fused-ring (bicyclic) bond motifs is 2. The maximum absolute atomic E-state index is 12.6. The monoisotopic (exact) mass is 293 g/mol. The van der Waals surface area contributed by atoms with Gasteiger partial charge in [0.2, 0.25) is 0 Å². The number of halogens is 1. The highest BCUT2D eigenvalue weighted by Crippen LogP contribution is 2.52. The molecule has 4 nitrogen and oxygen atoms in total. The van der Waals surface area contributed by atoms with Crippen molar-refractivity contribution in [3.8, 4) is 0 Å². The minimum atomic E-state index is -0.0133. The number of aromatic nitrogens is 2. The topological polar surface area (TPSA) is 46.1 Å². The van der Waals surface area contributed by atoms with E-state index in [1.807, 2.05) is 4.90 Å². The lowest BCUT2D eigenvalue weighted by atomic mass is 9.65. The molecular weight excluding hydrogens is 274 g/mol. The maximum atomic E-state index is 12.6. The summed E-state index contributed by atoms with van der Waals surface area (Å²) >= 11 is 5.73. The van der Waals surface area contributed by atoms with Gasteiger partial charge >= 0.3 is 0 Å². The molecule has 2 fully saturated rings. The van der Waals surface area contributed by atoms with Crippen LogP contribution in [0.15, 0.2) is 12.4 Å². The van der Waals surface area contributed by atoms with Gasteiger partial charge in [-0.2, -0.15) is 0 Å². The number of hydrogen-bond donors (Lipinski definition) is 0. The molecule has 2 unspecified atom stereocenters. The Bertz CT molecular complexity index is 543. The molecule has 1 aromatic rings. The summed E-state index contributed by atoms with van der Waals surface area (Å²) < 4.78 is 0. The van der Waals surface area contributed by atoms with Crippen molar-refractivity contribution in [2.45, 2.75) is 46.1 Å². The highest BCUT2D eigenvalue weighted by molar-refractivity contribution is 6.29. The largest absolute Gasteiger partial charge is 0.334 e. The fraction of sp³-hybridized carbons (Fsp3) is 0.667. The predicted molar refractivity (Wildman–Crippen MR) is 77.6 cm³/mol. The molecule has 0 radical (unpaired) electrons. The molecule has 1 aliphatic carbocycles. The Balaban J connectivity index is 1.85. The van der Waals surface area contributed by atoms with Crippen LogP contribution in [-0.4, -0.2) is 33.4 Å². The second-order valence-electron chi connectivity index (χ2n) is 7.37. The van der Waals surface area contributed by atoms with Crippen LogP contribution in [0, 0.1) is 10.8 Å². The van der Waals surface area contributed by atoms with Gasteiger partial charge in [0.25, 0.3) is 5.91 Å². The van der Waals surface area contributed by atoms with Crippen molar-refractivity contribution < 1.29 is 4.79 Å². The zero-order chi connectivity index (χ0) is 14.5. The predicted octanol–water partition coefficient (Wildman–Crippen LogP) is 3.17. The SMILES string of the molecule is CC1(C)CC2CC(C)(CN2C(=O)c2cnc(Cl)cn2)C1. The number of hydrogen-bond acceptors (Lipinski definition) is 3. The Kier molecular flexibility index (Phi) is 3.05. The molecule has 0 aromatic carbocycles. The number of likely N-dealkylation sites (tertiary alicyclic amines) is 1. The number of carbonyl (C=O) groups is 1. The van der Waals surface area contributed by atoms with E-state index in [2.05, 4.69) is 30.7 Å². The van der Waals surface area contributed by atoms with E-state index in [1.165, 1.54) is 18.8 Å². The lowest BCUT2D eigenvalue weighted by molar-refractivity contribution is 0.0702. The zero-order valence-electron chi connectivity index (χ0n) is 12.2. The summed E-state index contributed by atoms with van der Waals surface area (Å²) in [5, 5.41) is 0.315. The first kappa shape index (κ1) is 13.8. The smallest absolute Gasteiger partial charge is 0.274 e. The molecule has 20 heavy (non-hydrogen) atoms. The van der Waals surface area contributed by atoms with Crippen molar-refractivity contribution in [2.24, 2.45) is 10.8 Å². The van der Waals surface area contributed by atoms with Crippen LogP contribution in [0.3, 0.4) is 0 Å². The first-order chi connectivity index (χ1) is 9.28. The molecule has 2 heterocycles. The Hall–Kier alpha value is -1.16. The van der Waals surface area contributed by atoms with Gasteiger partial charge in [-0.1, -0.05) is 32.4 Å². The van der Waals surface area contributed by atoms with E-state index in [1.54, 1.807) is 0 Å². The van der Waals surface area contributed by atoms with E-state index in [0.29, 0.717) is 22.3 Å². The highest BCUT2D eigenvalue weighted by atomic mass is 35.5. The van der Waals surface area contributed by atoms with Crippen LogP contribution in [-0.2, 0) is 0 Å². The third-order valence-corrected chi connectivity index (χ3v) is 4.71. The van der Waals surface area contributed by atoms with Crippen molar-refractivity contribution in [3.63, 3.8) is 0 Å². The number of amides is 1. The molecule has 2 aliphatic rings. The van der Waals surface area contributed by atoms with Crippen molar-refractivity contribution in [1.29, 1.82) is 0 Å². The quantitative estimate of drug-likeness (QED) is 0.799. The second kappa shape index (κ2) is 4.42. The van der Waals surface area contributed by atoms with Gasteiger partial charge in [0, 0.05) is 12.6 Å². The van der Waals surface area contributed by atoms with E-state index in [-0.39, 0.29) is 11.3 Å². The molecule has 1 saturated heterocycles. The molecule has 5 heteroatoms. The summed E-state index contributed by atoms with van der Waals surface area (Å²) in [5.74, 6) is -0.0133. The third-order valence-electron chi connectivity index (χ3n) is 4.52. The number of nitrogens with zero attached hydrogens (tertiary/aromatic N) is 3. The molecule has 2 bridgehead atoms. The summed E-state index contributed by atoms with van der Waals surface area (Å²) in [6.07, 6.45) is 6.24. The van der Waals surface area contributed by atoms with Gasteiger partial charge in [0.1, 0.15) is 10.8 Å². The minimum Gasteiger partial charge on any atom is -0.334 e. The first-order valence-corrected chi connectivity index (χ1v) is 7.44. The molecule has 1 aromatic heterocycles. The fourth-order valence-corrected chi connectivity index (χ4v) is 4.36. The van der Waals surface area contributed by atoms with E-state index in [9.17, 15) is 4.79 Å². The Morgan fingerprint density at radius 2 is 2.05 bits per heavy atom. The zero-order valence-corrected chi connectivity index (χ0v) is 12.9. The fourth-order valence-electron chi connectivity index (χ4n) is 4.27. The molecule has 1 amide bonds. The molecule has 108 valence electrons. The summed E-state index contributed by atoms with van der Waals surface area (Å²) in [6.45, 7) is 7.72. The Morgan fingerprint density at radius 1 is 1.30 bits per heavy atom. The van der Waals surface area contributed by atoms with Crippen molar-refractivity contribution in [2.75, 3.05) is 6.54 Å². The lowest BCUT2D eigenvalue weighted by Crippen LogP contribution is -2.38. The van der Waals surface area contributed by atoms with Gasteiger partial charge in [0.15, 0.2) is 0 Å². The summed E-state index contributed by atoms with van der Waals surface area (Å²) in [7, 11) is 0. The molecular formula is C15H20ClN3O. The maximum Gasteiger partial charge on any atom is 0.274 e. The number of carbonyl (C=O) groups excluding carboxylic acids is 1. The van der Waals surface area contributed by atoms with Crippen molar-refractivity contribution >= 4 is 17.5 Å². The van der Waals surface area contributed by atoms with Gasteiger partial charge in [0.05, 0.1) is 12.4 Å². The first-order valence-electron chi connectivity index (χ1n) is 7.07. The molecule has 1 saturated carbocycles. The molecule has 0 N–H and O–H groups in total. The van der Waals surface area contributed by atoms with Crippen LogP contribution < -0.4 is 0 Å². The minimum absolute atomic E-state index is 0.0133. The van der Waals surface area contributed by atoms with Crippen molar-refractivity contribution in [1.82, 2.24) is 14.9 Å². The van der Waals surface area contributed by atoms with E-state index in [4.69, 9.17) is 11.6 Å². The van der Waals surface area contributed by atoms with Crippen LogP contribution in [0.4, 0.5) is 0 Å². The van der Waals surface area contributed by atoms with E-state index in [0.717, 1.165) is 19.4 Å². The third kappa shape index (κ3) is 2.41. The van der Waals surface area contributed by atoms with Crippen molar-refractivity contribution in [3.05, 3.63) is 23.2 Å². The highest BCUT2D eigenvalue weighted by Gasteiger charge is 2.51. The summed E-state index contributed by atoms with van der Waals surface area (Å²) in [6, 6.07) is 0.328. The van der Waals surface area contributed by atoms with Crippen LogP contribution in [0.25, 0.3) is 0 Å².